The van der Waals surface area contributed by atoms with Gasteiger partial charge in [0.2, 0.25) is 5.91 Å². The van der Waals surface area contributed by atoms with Crippen LogP contribution in [0.1, 0.15) is 23.1 Å². The lowest BCUT2D eigenvalue weighted by atomic mass is 9.85. The Morgan fingerprint density at radius 2 is 1.76 bits per heavy atom. The molecule has 1 amide bonds. The first-order valence-electron chi connectivity index (χ1n) is 6.61. The number of hydrogen-bond donors (Lipinski definition) is 2. The second kappa shape index (κ2) is 5.26. The van der Waals surface area contributed by atoms with E-state index in [2.05, 4.69) is 11.9 Å². The number of hydrogen-bond acceptors (Lipinski definition) is 2. The molecule has 106 valence electrons. The molecule has 1 fully saturated rings. The summed E-state index contributed by atoms with van der Waals surface area (Å²) in [5.41, 5.74) is 2.08. The molecule has 0 spiro atoms. The van der Waals surface area contributed by atoms with Crippen LogP contribution in [-0.2, 0) is 4.79 Å². The van der Waals surface area contributed by atoms with Crippen molar-refractivity contribution >= 4 is 17.5 Å². The Hall–Kier alpha value is -2.26. The van der Waals surface area contributed by atoms with Crippen LogP contribution in [0, 0.1) is 0 Å². The minimum atomic E-state index is -0.292. The van der Waals surface area contributed by atoms with E-state index in [0.717, 1.165) is 5.56 Å². The molecule has 1 saturated heterocycles. The summed E-state index contributed by atoms with van der Waals surface area (Å²) in [5.74, 6) is -0.317. The van der Waals surface area contributed by atoms with Gasteiger partial charge in [0.25, 0.3) is 0 Å². The van der Waals surface area contributed by atoms with Crippen LogP contribution in [0.15, 0.2) is 60.7 Å². The number of rotatable bonds is 2. The standard InChI is InChI=1S/C17H14ClNO2/c1-10-15(13-4-2-3-5-14(13)20)16(19-17(10)21)11-6-8-12(18)9-7-11/h2-9,15-16,20H,1H2,(H,19,21)/t15-,16+/m0/s1. The number of aromatic hydroxyl groups is 1. The van der Waals surface area contributed by atoms with Gasteiger partial charge in [0.1, 0.15) is 5.75 Å². The Labute approximate surface area is 127 Å². The zero-order chi connectivity index (χ0) is 15.0. The summed E-state index contributed by atoms with van der Waals surface area (Å²) in [6.07, 6.45) is 0. The number of phenols is 1. The smallest absolute Gasteiger partial charge is 0.247 e. The van der Waals surface area contributed by atoms with Crippen LogP contribution in [0.2, 0.25) is 5.02 Å². The molecule has 2 aromatic carbocycles. The van der Waals surface area contributed by atoms with Crippen molar-refractivity contribution in [2.24, 2.45) is 0 Å². The van der Waals surface area contributed by atoms with Gasteiger partial charge in [-0.25, -0.2) is 0 Å². The van der Waals surface area contributed by atoms with Gasteiger partial charge in [-0.05, 0) is 23.8 Å². The van der Waals surface area contributed by atoms with Crippen LogP contribution in [0.3, 0.4) is 0 Å². The van der Waals surface area contributed by atoms with E-state index in [-0.39, 0.29) is 23.6 Å². The number of carbonyl (C=O) groups excluding carboxylic acids is 1. The Bertz CT molecular complexity index is 709. The van der Waals surface area contributed by atoms with E-state index < -0.39 is 0 Å². The minimum absolute atomic E-state index is 0.166. The van der Waals surface area contributed by atoms with Crippen molar-refractivity contribution in [3.8, 4) is 5.75 Å². The number of phenolic OH excluding ortho intramolecular Hbond substituents is 1. The Balaban J connectivity index is 2.07. The Kier molecular flexibility index (Phi) is 3.43. The first kappa shape index (κ1) is 13.7. The molecular formula is C17H14ClNO2. The quantitative estimate of drug-likeness (QED) is 0.833. The van der Waals surface area contributed by atoms with E-state index in [0.29, 0.717) is 16.2 Å². The lowest BCUT2D eigenvalue weighted by Gasteiger charge is -2.21. The summed E-state index contributed by atoms with van der Waals surface area (Å²) < 4.78 is 0. The number of benzene rings is 2. The number of amides is 1. The molecule has 2 atom stereocenters. The average Bonchev–Trinajstić information content (AvgIpc) is 2.77. The molecule has 3 rings (SSSR count). The molecule has 0 unspecified atom stereocenters. The molecule has 3 nitrogen and oxygen atoms in total. The first-order valence-corrected chi connectivity index (χ1v) is 6.98. The van der Waals surface area contributed by atoms with Gasteiger partial charge in [0.15, 0.2) is 0 Å². The number of para-hydroxylation sites is 1. The summed E-state index contributed by atoms with van der Waals surface area (Å²) in [7, 11) is 0. The highest BCUT2D eigenvalue weighted by Crippen LogP contribution is 2.44. The number of halogens is 1. The number of carbonyl (C=O) groups is 1. The third kappa shape index (κ3) is 2.41. The molecule has 2 aromatic rings. The van der Waals surface area contributed by atoms with Gasteiger partial charge in [0.05, 0.1) is 6.04 Å². The fourth-order valence-corrected chi connectivity index (χ4v) is 2.85. The summed E-state index contributed by atoms with van der Waals surface area (Å²) in [4.78, 5) is 12.0. The minimum Gasteiger partial charge on any atom is -0.508 e. The van der Waals surface area contributed by atoms with Gasteiger partial charge in [-0.3, -0.25) is 4.79 Å². The van der Waals surface area contributed by atoms with E-state index in [4.69, 9.17) is 11.6 Å². The first-order chi connectivity index (χ1) is 10.1. The topological polar surface area (TPSA) is 49.3 Å². The van der Waals surface area contributed by atoms with E-state index in [1.807, 2.05) is 24.3 Å². The molecule has 0 bridgehead atoms. The highest BCUT2D eigenvalue weighted by atomic mass is 35.5. The Morgan fingerprint density at radius 1 is 1.10 bits per heavy atom. The highest BCUT2D eigenvalue weighted by molar-refractivity contribution is 6.30. The van der Waals surface area contributed by atoms with Crippen molar-refractivity contribution in [2.75, 3.05) is 0 Å². The molecule has 0 radical (unpaired) electrons. The molecule has 1 aliphatic heterocycles. The van der Waals surface area contributed by atoms with Crippen LogP contribution >= 0.6 is 11.6 Å². The van der Waals surface area contributed by atoms with Crippen LogP contribution in [0.4, 0.5) is 0 Å². The third-order valence-electron chi connectivity index (χ3n) is 3.79. The fraction of sp³-hybridized carbons (Fsp3) is 0.118. The van der Waals surface area contributed by atoms with Crippen molar-refractivity contribution in [2.45, 2.75) is 12.0 Å². The van der Waals surface area contributed by atoms with Crippen molar-refractivity contribution in [1.29, 1.82) is 0 Å². The maximum Gasteiger partial charge on any atom is 0.247 e. The summed E-state index contributed by atoms with van der Waals surface area (Å²) in [5, 5.41) is 13.6. The monoisotopic (exact) mass is 299 g/mol. The summed E-state index contributed by atoms with van der Waals surface area (Å²) in [6.45, 7) is 3.88. The fourth-order valence-electron chi connectivity index (χ4n) is 2.72. The summed E-state index contributed by atoms with van der Waals surface area (Å²) in [6, 6.07) is 14.1. The van der Waals surface area contributed by atoms with Crippen LogP contribution < -0.4 is 5.32 Å². The molecule has 0 aromatic heterocycles. The second-order valence-corrected chi connectivity index (χ2v) is 5.50. The van der Waals surface area contributed by atoms with Crippen molar-refractivity contribution in [1.82, 2.24) is 5.32 Å². The maximum absolute atomic E-state index is 12.0. The summed E-state index contributed by atoms with van der Waals surface area (Å²) >= 11 is 5.91. The average molecular weight is 300 g/mol. The van der Waals surface area contributed by atoms with Crippen molar-refractivity contribution in [3.05, 3.63) is 76.8 Å². The second-order valence-electron chi connectivity index (χ2n) is 5.06. The predicted molar refractivity (Wildman–Crippen MR) is 82.3 cm³/mol. The zero-order valence-corrected chi connectivity index (χ0v) is 12.0. The molecule has 4 heteroatoms. The van der Waals surface area contributed by atoms with Crippen LogP contribution in [0.5, 0.6) is 5.75 Å². The Morgan fingerprint density at radius 3 is 2.43 bits per heavy atom. The predicted octanol–water partition coefficient (Wildman–Crippen LogP) is 3.56. The van der Waals surface area contributed by atoms with Crippen molar-refractivity contribution < 1.29 is 9.90 Å². The van der Waals surface area contributed by atoms with E-state index in [9.17, 15) is 9.90 Å². The van der Waals surface area contributed by atoms with Gasteiger partial charge in [-0.2, -0.15) is 0 Å². The highest BCUT2D eigenvalue weighted by Gasteiger charge is 2.39. The maximum atomic E-state index is 12.0. The van der Waals surface area contributed by atoms with Crippen LogP contribution in [0.25, 0.3) is 0 Å². The molecule has 0 aliphatic carbocycles. The van der Waals surface area contributed by atoms with Crippen molar-refractivity contribution in [3.63, 3.8) is 0 Å². The SMILES string of the molecule is C=C1C(=O)N[C@H](c2ccc(Cl)cc2)[C@@H]1c1ccccc1O. The third-order valence-corrected chi connectivity index (χ3v) is 4.04. The van der Waals surface area contributed by atoms with Gasteiger partial charge in [0, 0.05) is 22.1 Å². The molecule has 2 N–H and O–H groups in total. The molecule has 1 heterocycles. The molecular weight excluding hydrogens is 286 g/mol. The van der Waals surface area contributed by atoms with E-state index >= 15 is 0 Å². The van der Waals surface area contributed by atoms with E-state index in [1.165, 1.54) is 0 Å². The zero-order valence-electron chi connectivity index (χ0n) is 11.2. The lowest BCUT2D eigenvalue weighted by molar-refractivity contribution is -0.116. The lowest BCUT2D eigenvalue weighted by Crippen LogP contribution is -2.20. The molecule has 21 heavy (non-hydrogen) atoms. The van der Waals surface area contributed by atoms with Gasteiger partial charge in [-0.1, -0.05) is 48.5 Å². The normalized spacial score (nSPS) is 21.4. The largest absolute Gasteiger partial charge is 0.508 e. The van der Waals surface area contributed by atoms with Crippen LogP contribution in [-0.4, -0.2) is 11.0 Å². The molecule has 0 saturated carbocycles. The number of nitrogens with one attached hydrogen (secondary N) is 1. The van der Waals surface area contributed by atoms with Gasteiger partial charge >= 0.3 is 0 Å². The molecule has 1 aliphatic rings. The van der Waals surface area contributed by atoms with Gasteiger partial charge < -0.3 is 10.4 Å². The van der Waals surface area contributed by atoms with E-state index in [1.54, 1.807) is 24.3 Å². The van der Waals surface area contributed by atoms with Gasteiger partial charge in [-0.15, -0.1) is 0 Å².